The summed E-state index contributed by atoms with van der Waals surface area (Å²) in [5.41, 5.74) is 1.56. The van der Waals surface area contributed by atoms with E-state index in [4.69, 9.17) is 27.9 Å². The molecule has 2 aromatic carbocycles. The van der Waals surface area contributed by atoms with Crippen molar-refractivity contribution in [1.82, 2.24) is 10.0 Å². The molecule has 10 heteroatoms. The molecule has 0 aliphatic rings. The van der Waals surface area contributed by atoms with E-state index in [-0.39, 0.29) is 4.90 Å². The van der Waals surface area contributed by atoms with Crippen molar-refractivity contribution in [3.8, 4) is 0 Å². The number of sulfonamides is 1. The number of hydrogen-bond donors (Lipinski definition) is 2. The number of ether oxygens (including phenoxy) is 1. The number of benzene rings is 2. The maximum Gasteiger partial charge on any atom is 0.321 e. The first-order valence-electron chi connectivity index (χ1n) is 8.55. The molecule has 0 aliphatic heterocycles. The van der Waals surface area contributed by atoms with E-state index >= 15 is 0 Å². The Morgan fingerprint density at radius 3 is 2.38 bits per heavy atom. The highest BCUT2D eigenvalue weighted by Gasteiger charge is 2.18. The van der Waals surface area contributed by atoms with Crippen LogP contribution in [0.4, 0.5) is 0 Å². The summed E-state index contributed by atoms with van der Waals surface area (Å²) in [6.07, 6.45) is 0. The fourth-order valence-corrected chi connectivity index (χ4v) is 3.91. The van der Waals surface area contributed by atoms with E-state index in [9.17, 15) is 18.0 Å². The number of esters is 1. The minimum Gasteiger partial charge on any atom is -0.455 e. The van der Waals surface area contributed by atoms with Gasteiger partial charge in [0, 0.05) is 10.0 Å². The smallest absolute Gasteiger partial charge is 0.321 e. The maximum absolute atomic E-state index is 12.1. The normalized spacial score (nSPS) is 12.3. The van der Waals surface area contributed by atoms with Crippen molar-refractivity contribution in [3.05, 3.63) is 63.6 Å². The molecular formula is C19H20Cl2N2O5S. The van der Waals surface area contributed by atoms with Gasteiger partial charge in [-0.3, -0.25) is 9.59 Å². The van der Waals surface area contributed by atoms with Gasteiger partial charge in [-0.2, -0.15) is 4.72 Å². The van der Waals surface area contributed by atoms with Gasteiger partial charge in [-0.15, -0.1) is 0 Å². The van der Waals surface area contributed by atoms with Crippen LogP contribution in [0.3, 0.4) is 0 Å². The lowest BCUT2D eigenvalue weighted by molar-refractivity contribution is -0.147. The van der Waals surface area contributed by atoms with Gasteiger partial charge in [0.15, 0.2) is 6.61 Å². The van der Waals surface area contributed by atoms with Crippen LogP contribution in [0.15, 0.2) is 47.4 Å². The zero-order valence-electron chi connectivity index (χ0n) is 15.7. The van der Waals surface area contributed by atoms with E-state index in [1.54, 1.807) is 37.3 Å². The number of rotatable bonds is 8. The second kappa shape index (κ2) is 10.1. The zero-order valence-corrected chi connectivity index (χ0v) is 18.1. The van der Waals surface area contributed by atoms with Crippen molar-refractivity contribution in [3.63, 3.8) is 0 Å². The molecule has 2 rings (SSSR count). The van der Waals surface area contributed by atoms with Gasteiger partial charge in [0.05, 0.1) is 10.9 Å². The Hall–Kier alpha value is -2.13. The summed E-state index contributed by atoms with van der Waals surface area (Å²) in [7, 11) is -3.85. The third-order valence-corrected chi connectivity index (χ3v) is 5.89. The first-order chi connectivity index (χ1) is 13.6. The Balaban J connectivity index is 1.81. The summed E-state index contributed by atoms with van der Waals surface area (Å²) in [5.74, 6) is -1.44. The third-order valence-electron chi connectivity index (χ3n) is 3.91. The molecule has 1 atom stereocenters. The Labute approximate surface area is 179 Å². The van der Waals surface area contributed by atoms with Crippen molar-refractivity contribution >= 4 is 45.1 Å². The Morgan fingerprint density at radius 1 is 1.10 bits per heavy atom. The number of amides is 1. The predicted molar refractivity (Wildman–Crippen MR) is 110 cm³/mol. The molecule has 1 unspecified atom stereocenters. The SMILES string of the molecule is Cc1ccc(S(=O)(=O)NCC(=O)OCC(=O)NC(C)c2ccc(Cl)cc2Cl)cc1. The largest absolute Gasteiger partial charge is 0.455 e. The highest BCUT2D eigenvalue weighted by Crippen LogP contribution is 2.25. The molecule has 0 spiro atoms. The fraction of sp³-hybridized carbons (Fsp3) is 0.263. The van der Waals surface area contributed by atoms with Crippen LogP contribution in [0.1, 0.15) is 24.1 Å². The number of carbonyl (C=O) groups excluding carboxylic acids is 2. The Morgan fingerprint density at radius 2 is 1.76 bits per heavy atom. The molecule has 0 heterocycles. The number of aryl methyl sites for hydroxylation is 1. The van der Waals surface area contributed by atoms with Gasteiger partial charge in [0.2, 0.25) is 10.0 Å². The standard InChI is InChI=1S/C19H20Cl2N2O5S/c1-12-3-6-15(7-4-12)29(26,27)22-10-19(25)28-11-18(24)23-13(2)16-8-5-14(20)9-17(16)21/h3-9,13,22H,10-11H2,1-2H3,(H,23,24). The minimum atomic E-state index is -3.85. The summed E-state index contributed by atoms with van der Waals surface area (Å²) in [4.78, 5) is 23.8. The van der Waals surface area contributed by atoms with Gasteiger partial charge in [-0.25, -0.2) is 8.42 Å². The average Bonchev–Trinajstić information content (AvgIpc) is 2.65. The summed E-state index contributed by atoms with van der Waals surface area (Å²) >= 11 is 11.9. The Kier molecular flexibility index (Phi) is 8.04. The lowest BCUT2D eigenvalue weighted by Crippen LogP contribution is -2.34. The third kappa shape index (κ3) is 7.01. The van der Waals surface area contributed by atoms with Gasteiger partial charge in [0.25, 0.3) is 5.91 Å². The number of nitrogens with one attached hydrogen (secondary N) is 2. The van der Waals surface area contributed by atoms with Crippen molar-refractivity contribution < 1.29 is 22.7 Å². The molecule has 0 saturated heterocycles. The summed E-state index contributed by atoms with van der Waals surface area (Å²) in [5, 5.41) is 3.50. The van der Waals surface area contributed by atoms with Gasteiger partial charge >= 0.3 is 5.97 Å². The van der Waals surface area contributed by atoms with Gasteiger partial charge in [-0.1, -0.05) is 47.0 Å². The molecule has 2 aromatic rings. The van der Waals surface area contributed by atoms with Gasteiger partial charge in [-0.05, 0) is 43.7 Å². The fourth-order valence-electron chi connectivity index (χ4n) is 2.37. The summed E-state index contributed by atoms with van der Waals surface area (Å²) in [6, 6.07) is 10.6. The van der Waals surface area contributed by atoms with E-state index in [2.05, 4.69) is 10.0 Å². The van der Waals surface area contributed by atoms with Crippen molar-refractivity contribution in [2.75, 3.05) is 13.2 Å². The van der Waals surface area contributed by atoms with E-state index in [1.807, 2.05) is 6.92 Å². The highest BCUT2D eigenvalue weighted by atomic mass is 35.5. The average molecular weight is 459 g/mol. The van der Waals surface area contributed by atoms with Crippen LogP contribution in [0, 0.1) is 6.92 Å². The molecule has 0 aliphatic carbocycles. The first-order valence-corrected chi connectivity index (χ1v) is 10.8. The summed E-state index contributed by atoms with van der Waals surface area (Å²) < 4.78 is 31.2. The molecule has 1 amide bonds. The second-order valence-corrected chi connectivity index (χ2v) is 8.86. The Bertz CT molecular complexity index is 994. The topological polar surface area (TPSA) is 102 Å². The van der Waals surface area contributed by atoms with Crippen molar-refractivity contribution in [2.24, 2.45) is 0 Å². The van der Waals surface area contributed by atoms with Crippen molar-refractivity contribution in [1.29, 1.82) is 0 Å². The predicted octanol–water partition coefficient (Wildman–Crippen LogP) is 3.00. The van der Waals surface area contributed by atoms with Crippen LogP contribution in [-0.2, 0) is 24.3 Å². The second-order valence-electron chi connectivity index (χ2n) is 6.25. The van der Waals surface area contributed by atoms with Crippen LogP contribution >= 0.6 is 23.2 Å². The summed E-state index contributed by atoms with van der Waals surface area (Å²) in [6.45, 7) is 2.39. The molecule has 0 radical (unpaired) electrons. The lowest BCUT2D eigenvalue weighted by Gasteiger charge is -2.16. The molecule has 0 saturated carbocycles. The zero-order chi connectivity index (χ0) is 21.6. The van der Waals surface area contributed by atoms with Gasteiger partial charge in [0.1, 0.15) is 6.54 Å². The molecule has 29 heavy (non-hydrogen) atoms. The molecule has 0 bridgehead atoms. The van der Waals surface area contributed by atoms with Crippen LogP contribution in [0.25, 0.3) is 0 Å². The van der Waals surface area contributed by atoms with E-state index in [0.717, 1.165) is 5.56 Å². The molecular weight excluding hydrogens is 439 g/mol. The van der Waals surface area contributed by atoms with E-state index < -0.39 is 41.1 Å². The number of carbonyl (C=O) groups is 2. The number of hydrogen-bond acceptors (Lipinski definition) is 5. The molecule has 2 N–H and O–H groups in total. The van der Waals surface area contributed by atoms with Crippen LogP contribution in [-0.4, -0.2) is 33.4 Å². The van der Waals surface area contributed by atoms with E-state index in [1.165, 1.54) is 12.1 Å². The minimum absolute atomic E-state index is 0.0299. The lowest BCUT2D eigenvalue weighted by atomic mass is 10.1. The molecule has 0 aromatic heterocycles. The molecule has 156 valence electrons. The van der Waals surface area contributed by atoms with Crippen LogP contribution in [0.2, 0.25) is 10.0 Å². The first kappa shape index (κ1) is 23.2. The quantitative estimate of drug-likeness (QED) is 0.591. The monoisotopic (exact) mass is 458 g/mol. The molecule has 0 fully saturated rings. The molecule has 7 nitrogen and oxygen atoms in total. The van der Waals surface area contributed by atoms with Crippen molar-refractivity contribution in [2.45, 2.75) is 24.8 Å². The van der Waals surface area contributed by atoms with E-state index in [0.29, 0.717) is 15.6 Å². The highest BCUT2D eigenvalue weighted by molar-refractivity contribution is 7.89. The van der Waals surface area contributed by atoms with Crippen LogP contribution < -0.4 is 10.0 Å². The maximum atomic E-state index is 12.1. The number of halogens is 2. The van der Waals surface area contributed by atoms with Gasteiger partial charge < -0.3 is 10.1 Å². The van der Waals surface area contributed by atoms with Crippen LogP contribution in [0.5, 0.6) is 0 Å².